The molecule has 4 rings (SSSR count). The second-order valence-corrected chi connectivity index (χ2v) is 6.51. The Morgan fingerprint density at radius 2 is 1.07 bits per heavy atom. The van der Waals surface area contributed by atoms with Gasteiger partial charge in [-0.05, 0) is 60.7 Å². The summed E-state index contributed by atoms with van der Waals surface area (Å²) >= 11 is 0. The molecule has 0 unspecified atom stereocenters. The summed E-state index contributed by atoms with van der Waals surface area (Å²) in [5.74, 6) is 15.5. The number of methoxy groups -OCH3 is 2. The third-order valence-corrected chi connectivity index (χ3v) is 4.51. The van der Waals surface area contributed by atoms with Crippen LogP contribution in [-0.4, -0.2) is 27.4 Å². The van der Waals surface area contributed by atoms with Crippen LogP contribution in [-0.2, 0) is 0 Å². The summed E-state index contributed by atoms with van der Waals surface area (Å²) in [7, 11) is 3.22. The Morgan fingerprint density at radius 3 is 1.70 bits per heavy atom. The maximum absolute atomic E-state index is 5.60. The summed E-state index contributed by atoms with van der Waals surface area (Å²) in [4.78, 5) is 0. The summed E-state index contributed by atoms with van der Waals surface area (Å²) in [6, 6.07) is 19.2. The van der Waals surface area contributed by atoms with Crippen LogP contribution in [0.2, 0.25) is 0 Å². The smallest absolute Gasteiger partial charge is 0.162 e. The normalized spacial score (nSPS) is 11.4. The first kappa shape index (κ1) is 19.3. The van der Waals surface area contributed by atoms with E-state index in [1.807, 2.05) is 60.7 Å². The molecule has 0 atom stereocenters. The average molecular weight is 396 g/mol. The van der Waals surface area contributed by atoms with Crippen molar-refractivity contribution in [1.82, 2.24) is 0 Å². The minimum Gasteiger partial charge on any atom is -0.493 e. The lowest BCUT2D eigenvalue weighted by Crippen LogP contribution is -2.15. The van der Waals surface area contributed by atoms with Gasteiger partial charge in [-0.2, -0.15) is 0 Å². The van der Waals surface area contributed by atoms with Gasteiger partial charge in [0.25, 0.3) is 0 Å². The topological polar surface area (TPSA) is 36.9 Å². The van der Waals surface area contributed by atoms with Crippen LogP contribution in [0.4, 0.5) is 0 Å². The van der Waals surface area contributed by atoms with Gasteiger partial charge in [0.1, 0.15) is 13.2 Å². The van der Waals surface area contributed by atoms with E-state index in [0.29, 0.717) is 24.7 Å². The standard InChI is InChI=1S/C26H20O4/c1-27-23-13-11-21(17-25(23)28-2)9-7-19-3-5-20(6-4-19)8-10-22-12-14-24-26(18-22)30-16-15-29-24/h3-6,11-14,17-18H,15-16H2,1-2H3. The largest absolute Gasteiger partial charge is 0.493 e. The Kier molecular flexibility index (Phi) is 5.78. The Morgan fingerprint density at radius 1 is 0.567 bits per heavy atom. The third kappa shape index (κ3) is 4.51. The van der Waals surface area contributed by atoms with E-state index >= 15 is 0 Å². The van der Waals surface area contributed by atoms with E-state index in [0.717, 1.165) is 33.8 Å². The molecule has 3 aromatic rings. The average Bonchev–Trinajstić information content (AvgIpc) is 2.81. The Labute approximate surface area is 176 Å². The Bertz CT molecular complexity index is 1100. The highest BCUT2D eigenvalue weighted by atomic mass is 16.6. The van der Waals surface area contributed by atoms with Crippen molar-refractivity contribution in [2.45, 2.75) is 0 Å². The summed E-state index contributed by atoms with van der Waals surface area (Å²) in [6.45, 7) is 1.15. The van der Waals surface area contributed by atoms with E-state index < -0.39 is 0 Å². The molecule has 0 saturated carbocycles. The van der Waals surface area contributed by atoms with Gasteiger partial charge in [-0.1, -0.05) is 23.7 Å². The quantitative estimate of drug-likeness (QED) is 0.606. The fourth-order valence-corrected chi connectivity index (χ4v) is 2.96. The molecule has 0 aromatic heterocycles. The molecule has 0 aliphatic carbocycles. The van der Waals surface area contributed by atoms with Gasteiger partial charge in [0.05, 0.1) is 14.2 Å². The van der Waals surface area contributed by atoms with E-state index in [4.69, 9.17) is 18.9 Å². The fraction of sp³-hybridized carbons (Fsp3) is 0.154. The molecular weight excluding hydrogens is 376 g/mol. The monoisotopic (exact) mass is 396 g/mol. The SMILES string of the molecule is COc1ccc(C#Cc2ccc(C#Cc3ccc4c(c3)OCCO4)cc2)cc1OC. The van der Waals surface area contributed by atoms with Gasteiger partial charge < -0.3 is 18.9 Å². The molecule has 1 aliphatic heterocycles. The molecule has 0 spiro atoms. The second-order valence-electron chi connectivity index (χ2n) is 6.51. The van der Waals surface area contributed by atoms with Crippen molar-refractivity contribution in [2.75, 3.05) is 27.4 Å². The molecule has 3 aromatic carbocycles. The third-order valence-electron chi connectivity index (χ3n) is 4.51. The van der Waals surface area contributed by atoms with Crippen molar-refractivity contribution in [2.24, 2.45) is 0 Å². The number of hydrogen-bond donors (Lipinski definition) is 0. The zero-order valence-corrected chi connectivity index (χ0v) is 16.8. The Hall–Kier alpha value is -4.02. The van der Waals surface area contributed by atoms with Crippen LogP contribution in [0.15, 0.2) is 60.7 Å². The summed E-state index contributed by atoms with van der Waals surface area (Å²) in [6.07, 6.45) is 0. The van der Waals surface area contributed by atoms with Crippen LogP contribution in [0.1, 0.15) is 22.3 Å². The maximum atomic E-state index is 5.60. The van der Waals surface area contributed by atoms with E-state index in [-0.39, 0.29) is 0 Å². The van der Waals surface area contributed by atoms with E-state index in [1.54, 1.807) is 14.2 Å². The summed E-state index contributed by atoms with van der Waals surface area (Å²) in [5.41, 5.74) is 3.57. The number of ether oxygens (including phenoxy) is 4. The van der Waals surface area contributed by atoms with Crippen molar-refractivity contribution in [3.05, 3.63) is 82.9 Å². The zero-order chi connectivity index (χ0) is 20.8. The highest BCUT2D eigenvalue weighted by Crippen LogP contribution is 2.30. The van der Waals surface area contributed by atoms with Crippen LogP contribution >= 0.6 is 0 Å². The number of hydrogen-bond acceptors (Lipinski definition) is 4. The first-order chi connectivity index (χ1) is 14.7. The molecule has 0 bridgehead atoms. The molecule has 0 amide bonds. The van der Waals surface area contributed by atoms with Crippen molar-refractivity contribution < 1.29 is 18.9 Å². The van der Waals surface area contributed by atoms with Crippen LogP contribution in [0.3, 0.4) is 0 Å². The van der Waals surface area contributed by atoms with Crippen LogP contribution in [0.5, 0.6) is 23.0 Å². The Balaban J connectivity index is 1.47. The van der Waals surface area contributed by atoms with Crippen molar-refractivity contribution in [3.63, 3.8) is 0 Å². The molecule has 1 aliphatic rings. The molecule has 0 radical (unpaired) electrons. The highest BCUT2D eigenvalue weighted by Gasteiger charge is 2.10. The lowest BCUT2D eigenvalue weighted by molar-refractivity contribution is 0.171. The number of rotatable bonds is 2. The summed E-state index contributed by atoms with van der Waals surface area (Å²) < 4.78 is 21.7. The predicted molar refractivity (Wildman–Crippen MR) is 115 cm³/mol. The van der Waals surface area contributed by atoms with Crippen molar-refractivity contribution >= 4 is 0 Å². The van der Waals surface area contributed by atoms with Crippen LogP contribution < -0.4 is 18.9 Å². The maximum Gasteiger partial charge on any atom is 0.162 e. The second kappa shape index (κ2) is 8.99. The van der Waals surface area contributed by atoms with Crippen molar-refractivity contribution in [1.29, 1.82) is 0 Å². The van der Waals surface area contributed by atoms with E-state index in [2.05, 4.69) is 23.7 Å². The van der Waals surface area contributed by atoms with Crippen molar-refractivity contribution in [3.8, 4) is 46.7 Å². The van der Waals surface area contributed by atoms with Gasteiger partial charge in [0, 0.05) is 22.3 Å². The van der Waals surface area contributed by atoms with Gasteiger partial charge in [-0.25, -0.2) is 0 Å². The van der Waals surface area contributed by atoms with E-state index in [1.165, 1.54) is 0 Å². The lowest BCUT2D eigenvalue weighted by atomic mass is 10.1. The van der Waals surface area contributed by atoms with Gasteiger partial charge in [-0.15, -0.1) is 0 Å². The molecular formula is C26H20O4. The molecule has 4 nitrogen and oxygen atoms in total. The minimum atomic E-state index is 0.565. The molecule has 0 N–H and O–H groups in total. The van der Waals surface area contributed by atoms with E-state index in [9.17, 15) is 0 Å². The first-order valence-electron chi connectivity index (χ1n) is 9.51. The van der Waals surface area contributed by atoms with Gasteiger partial charge in [-0.3, -0.25) is 0 Å². The lowest BCUT2D eigenvalue weighted by Gasteiger charge is -2.17. The first-order valence-corrected chi connectivity index (χ1v) is 9.51. The molecule has 30 heavy (non-hydrogen) atoms. The van der Waals surface area contributed by atoms with Gasteiger partial charge in [0.2, 0.25) is 0 Å². The zero-order valence-electron chi connectivity index (χ0n) is 16.8. The summed E-state index contributed by atoms with van der Waals surface area (Å²) in [5, 5.41) is 0. The highest BCUT2D eigenvalue weighted by molar-refractivity contribution is 5.53. The van der Waals surface area contributed by atoms with Crippen LogP contribution in [0, 0.1) is 23.7 Å². The number of benzene rings is 3. The number of fused-ring (bicyclic) bond motifs is 1. The minimum absolute atomic E-state index is 0.565. The molecule has 4 heteroatoms. The van der Waals surface area contributed by atoms with Gasteiger partial charge >= 0.3 is 0 Å². The van der Waals surface area contributed by atoms with Crippen LogP contribution in [0.25, 0.3) is 0 Å². The molecule has 0 saturated heterocycles. The molecule has 1 heterocycles. The molecule has 0 fully saturated rings. The molecule has 148 valence electrons. The fourth-order valence-electron chi connectivity index (χ4n) is 2.96. The predicted octanol–water partition coefficient (Wildman–Crippen LogP) is 4.27. The van der Waals surface area contributed by atoms with Gasteiger partial charge in [0.15, 0.2) is 23.0 Å².